The van der Waals surface area contributed by atoms with Gasteiger partial charge in [0.05, 0.1) is 0 Å². The quantitative estimate of drug-likeness (QED) is 0.868. The zero-order chi connectivity index (χ0) is 13.8. The van der Waals surface area contributed by atoms with Crippen LogP contribution in [0.3, 0.4) is 0 Å². The largest absolute Gasteiger partial charge is 0.383 e. The average molecular weight is 266 g/mol. The molecule has 0 aliphatic heterocycles. The van der Waals surface area contributed by atoms with Crippen LogP contribution in [0.15, 0.2) is 54.6 Å². The molecule has 0 unspecified atom stereocenters. The molecule has 0 bridgehead atoms. The van der Waals surface area contributed by atoms with Crippen LogP contribution in [0.4, 0.5) is 5.69 Å². The predicted molar refractivity (Wildman–Crippen MR) is 84.9 cm³/mol. The minimum absolute atomic E-state index is 0.0137. The minimum atomic E-state index is 0.0137. The molecule has 0 radical (unpaired) electrons. The van der Waals surface area contributed by atoms with Crippen LogP contribution in [0.1, 0.15) is 30.4 Å². The molecule has 0 saturated heterocycles. The van der Waals surface area contributed by atoms with Gasteiger partial charge in [0.15, 0.2) is 0 Å². The normalized spacial score (nSPS) is 16.4. The SMILES string of the molecule is NC1(CNc2ccccc2Cc2ccccc2)CCC1. The fraction of sp³-hybridized carbons (Fsp3) is 0.333. The molecule has 1 aliphatic carbocycles. The number of hydrogen-bond donors (Lipinski definition) is 2. The van der Waals surface area contributed by atoms with Crippen molar-refractivity contribution >= 4 is 5.69 Å². The van der Waals surface area contributed by atoms with Gasteiger partial charge >= 0.3 is 0 Å². The first kappa shape index (κ1) is 13.2. The lowest BCUT2D eigenvalue weighted by Crippen LogP contribution is -2.52. The van der Waals surface area contributed by atoms with E-state index in [0.29, 0.717) is 0 Å². The lowest BCUT2D eigenvalue weighted by molar-refractivity contribution is 0.265. The predicted octanol–water partition coefficient (Wildman–Crippen LogP) is 3.57. The summed E-state index contributed by atoms with van der Waals surface area (Å²) < 4.78 is 0. The van der Waals surface area contributed by atoms with Gasteiger partial charge in [0, 0.05) is 17.8 Å². The zero-order valence-electron chi connectivity index (χ0n) is 11.8. The highest BCUT2D eigenvalue weighted by Gasteiger charge is 2.32. The summed E-state index contributed by atoms with van der Waals surface area (Å²) in [5.41, 5.74) is 10.2. The van der Waals surface area contributed by atoms with E-state index >= 15 is 0 Å². The highest BCUT2D eigenvalue weighted by atomic mass is 15.0. The molecule has 0 aromatic heterocycles. The summed E-state index contributed by atoms with van der Waals surface area (Å²) in [5, 5.41) is 3.55. The van der Waals surface area contributed by atoms with Crippen LogP contribution < -0.4 is 11.1 Å². The number of nitrogens with one attached hydrogen (secondary N) is 1. The van der Waals surface area contributed by atoms with Gasteiger partial charge in [-0.05, 0) is 42.9 Å². The van der Waals surface area contributed by atoms with Gasteiger partial charge in [0.1, 0.15) is 0 Å². The highest BCUT2D eigenvalue weighted by molar-refractivity contribution is 5.53. The van der Waals surface area contributed by atoms with E-state index in [0.717, 1.165) is 25.8 Å². The van der Waals surface area contributed by atoms with E-state index in [4.69, 9.17) is 5.73 Å². The third kappa shape index (κ3) is 3.02. The Morgan fingerprint density at radius 1 is 0.950 bits per heavy atom. The molecule has 2 aromatic carbocycles. The molecule has 1 fully saturated rings. The Hall–Kier alpha value is -1.80. The summed E-state index contributed by atoms with van der Waals surface area (Å²) in [6, 6.07) is 19.1. The summed E-state index contributed by atoms with van der Waals surface area (Å²) in [4.78, 5) is 0. The van der Waals surface area contributed by atoms with Gasteiger partial charge in [0.2, 0.25) is 0 Å². The van der Waals surface area contributed by atoms with E-state index < -0.39 is 0 Å². The van der Waals surface area contributed by atoms with E-state index in [2.05, 4.69) is 59.9 Å². The molecular weight excluding hydrogens is 244 g/mol. The summed E-state index contributed by atoms with van der Waals surface area (Å²) in [6.07, 6.45) is 4.51. The van der Waals surface area contributed by atoms with Crippen LogP contribution in [0.2, 0.25) is 0 Å². The number of benzene rings is 2. The topological polar surface area (TPSA) is 38.0 Å². The van der Waals surface area contributed by atoms with Crippen LogP contribution in [0.5, 0.6) is 0 Å². The van der Waals surface area contributed by atoms with Gasteiger partial charge in [-0.2, -0.15) is 0 Å². The lowest BCUT2D eigenvalue weighted by Gasteiger charge is -2.38. The van der Waals surface area contributed by atoms with Gasteiger partial charge in [0.25, 0.3) is 0 Å². The van der Waals surface area contributed by atoms with E-state index in [1.165, 1.54) is 23.2 Å². The van der Waals surface area contributed by atoms with Gasteiger partial charge in [-0.15, -0.1) is 0 Å². The average Bonchev–Trinajstić information content (AvgIpc) is 2.45. The molecule has 0 heterocycles. The van der Waals surface area contributed by atoms with Crippen molar-refractivity contribution in [2.45, 2.75) is 31.2 Å². The Balaban J connectivity index is 1.71. The summed E-state index contributed by atoms with van der Waals surface area (Å²) in [5.74, 6) is 0. The molecule has 0 atom stereocenters. The zero-order valence-corrected chi connectivity index (χ0v) is 11.8. The van der Waals surface area contributed by atoms with Crippen LogP contribution in [-0.4, -0.2) is 12.1 Å². The summed E-state index contributed by atoms with van der Waals surface area (Å²) in [6.45, 7) is 0.874. The Morgan fingerprint density at radius 2 is 1.65 bits per heavy atom. The van der Waals surface area contributed by atoms with E-state index in [1.807, 2.05) is 0 Å². The van der Waals surface area contributed by atoms with E-state index in [-0.39, 0.29) is 5.54 Å². The number of para-hydroxylation sites is 1. The third-order valence-corrected chi connectivity index (χ3v) is 4.24. The lowest BCUT2D eigenvalue weighted by atomic mass is 9.77. The Kier molecular flexibility index (Phi) is 3.75. The first-order valence-electron chi connectivity index (χ1n) is 7.40. The molecule has 0 amide bonds. The third-order valence-electron chi connectivity index (χ3n) is 4.24. The summed E-state index contributed by atoms with van der Waals surface area (Å²) >= 11 is 0. The maximum absolute atomic E-state index is 6.29. The van der Waals surface area contributed by atoms with Gasteiger partial charge in [-0.25, -0.2) is 0 Å². The van der Waals surface area contributed by atoms with Crippen LogP contribution in [-0.2, 0) is 6.42 Å². The van der Waals surface area contributed by atoms with Gasteiger partial charge in [-0.3, -0.25) is 0 Å². The Morgan fingerprint density at radius 3 is 2.35 bits per heavy atom. The van der Waals surface area contributed by atoms with E-state index in [9.17, 15) is 0 Å². The minimum Gasteiger partial charge on any atom is -0.383 e. The molecular formula is C18H22N2. The van der Waals surface area contributed by atoms with Crippen molar-refractivity contribution in [1.82, 2.24) is 0 Å². The smallest absolute Gasteiger partial charge is 0.0376 e. The molecule has 2 heteroatoms. The van der Waals surface area contributed by atoms with Crippen LogP contribution in [0.25, 0.3) is 0 Å². The molecule has 3 N–H and O–H groups in total. The Labute approximate surface area is 121 Å². The second-order valence-corrected chi connectivity index (χ2v) is 5.89. The molecule has 1 saturated carbocycles. The molecule has 3 rings (SSSR count). The molecule has 2 nitrogen and oxygen atoms in total. The molecule has 2 aromatic rings. The van der Waals surface area contributed by atoms with Crippen LogP contribution >= 0.6 is 0 Å². The van der Waals surface area contributed by atoms with Crippen molar-refractivity contribution < 1.29 is 0 Å². The standard InChI is InChI=1S/C18H22N2/c19-18(11-6-12-18)14-20-17-10-5-4-9-16(17)13-15-7-2-1-3-8-15/h1-5,7-10,20H,6,11-14,19H2. The van der Waals surface area contributed by atoms with Crippen LogP contribution in [0, 0.1) is 0 Å². The van der Waals surface area contributed by atoms with Crippen molar-refractivity contribution in [2.75, 3.05) is 11.9 Å². The van der Waals surface area contributed by atoms with Crippen molar-refractivity contribution in [3.8, 4) is 0 Å². The first-order valence-corrected chi connectivity index (χ1v) is 7.40. The second-order valence-electron chi connectivity index (χ2n) is 5.89. The number of anilines is 1. The molecule has 0 spiro atoms. The van der Waals surface area contributed by atoms with Gasteiger partial charge in [-0.1, -0.05) is 48.5 Å². The van der Waals surface area contributed by atoms with Crippen molar-refractivity contribution in [3.63, 3.8) is 0 Å². The Bertz CT molecular complexity index is 559. The molecule has 1 aliphatic rings. The fourth-order valence-corrected chi connectivity index (χ4v) is 2.74. The fourth-order valence-electron chi connectivity index (χ4n) is 2.74. The first-order chi connectivity index (χ1) is 9.75. The van der Waals surface area contributed by atoms with Gasteiger partial charge < -0.3 is 11.1 Å². The van der Waals surface area contributed by atoms with Crippen molar-refractivity contribution in [2.24, 2.45) is 5.73 Å². The van der Waals surface area contributed by atoms with Crippen molar-refractivity contribution in [1.29, 1.82) is 0 Å². The maximum atomic E-state index is 6.29. The number of rotatable bonds is 5. The van der Waals surface area contributed by atoms with E-state index in [1.54, 1.807) is 0 Å². The number of nitrogens with two attached hydrogens (primary N) is 1. The monoisotopic (exact) mass is 266 g/mol. The summed E-state index contributed by atoms with van der Waals surface area (Å²) in [7, 11) is 0. The highest BCUT2D eigenvalue weighted by Crippen LogP contribution is 2.30. The van der Waals surface area contributed by atoms with Crippen molar-refractivity contribution in [3.05, 3.63) is 65.7 Å². The molecule has 104 valence electrons. The number of hydrogen-bond acceptors (Lipinski definition) is 2. The molecule has 20 heavy (non-hydrogen) atoms. The second kappa shape index (κ2) is 5.68. The maximum Gasteiger partial charge on any atom is 0.0376 e.